The molecule has 6 heteroatoms. The van der Waals surface area contributed by atoms with E-state index >= 15 is 0 Å². The van der Waals surface area contributed by atoms with Crippen LogP contribution in [0.4, 0.5) is 8.78 Å². The molecular formula is C31H35F2NO3. The number of piperidine rings is 1. The van der Waals surface area contributed by atoms with Crippen LogP contribution in [-0.4, -0.2) is 42.0 Å². The Morgan fingerprint density at radius 2 is 1.43 bits per heavy atom. The maximum absolute atomic E-state index is 13.6. The Kier molecular flexibility index (Phi) is 8.72. The Hall–Kier alpha value is -3.09. The van der Waals surface area contributed by atoms with Crippen molar-refractivity contribution >= 4 is 5.78 Å². The van der Waals surface area contributed by atoms with Gasteiger partial charge in [-0.3, -0.25) is 4.79 Å². The summed E-state index contributed by atoms with van der Waals surface area (Å²) in [6.45, 7) is 6.88. The Morgan fingerprint density at radius 1 is 0.919 bits per heavy atom. The van der Waals surface area contributed by atoms with Crippen molar-refractivity contribution in [3.05, 3.63) is 101 Å². The molecule has 0 amide bonds. The number of hydrogen-bond donors (Lipinski definition) is 1. The summed E-state index contributed by atoms with van der Waals surface area (Å²) in [4.78, 5) is 14.4. The number of Topliss-reactive ketones (excluding diaryl/α,β-unsaturated/α-hetero) is 1. The maximum atomic E-state index is 13.6. The largest absolute Gasteiger partial charge is 0.494 e. The van der Waals surface area contributed by atoms with E-state index < -0.39 is 5.60 Å². The normalized spacial score (nSPS) is 15.2. The number of nitrogens with zero attached hydrogens (tertiary/aromatic N) is 1. The topological polar surface area (TPSA) is 49.8 Å². The molecule has 0 aliphatic carbocycles. The van der Waals surface area contributed by atoms with Gasteiger partial charge in [-0.1, -0.05) is 38.1 Å². The quantitative estimate of drug-likeness (QED) is 0.261. The average molecular weight is 508 g/mol. The van der Waals surface area contributed by atoms with Crippen molar-refractivity contribution in [1.82, 2.24) is 4.90 Å². The van der Waals surface area contributed by atoms with Gasteiger partial charge in [-0.25, -0.2) is 8.78 Å². The van der Waals surface area contributed by atoms with E-state index in [1.807, 2.05) is 38.1 Å². The van der Waals surface area contributed by atoms with Gasteiger partial charge in [-0.05, 0) is 97.9 Å². The molecule has 0 radical (unpaired) electrons. The second-order valence-corrected chi connectivity index (χ2v) is 10.1. The van der Waals surface area contributed by atoms with Gasteiger partial charge >= 0.3 is 0 Å². The summed E-state index contributed by atoms with van der Waals surface area (Å²) < 4.78 is 33.1. The lowest BCUT2D eigenvalue weighted by Gasteiger charge is -2.42. The first kappa shape index (κ1) is 27.0. The van der Waals surface area contributed by atoms with E-state index in [2.05, 4.69) is 4.90 Å². The molecule has 0 bridgehead atoms. The van der Waals surface area contributed by atoms with E-state index in [-0.39, 0.29) is 29.3 Å². The molecule has 0 spiro atoms. The van der Waals surface area contributed by atoms with Crippen LogP contribution in [0, 0.1) is 23.5 Å². The highest BCUT2D eigenvalue weighted by molar-refractivity contribution is 5.97. The number of carbonyl (C=O) groups is 1. The molecule has 1 N–H and O–H groups in total. The first-order valence-corrected chi connectivity index (χ1v) is 13.0. The summed E-state index contributed by atoms with van der Waals surface area (Å²) in [6.07, 6.45) is 2.38. The minimum absolute atomic E-state index is 0.0294. The molecule has 1 saturated heterocycles. The highest BCUT2D eigenvalue weighted by atomic mass is 19.1. The van der Waals surface area contributed by atoms with Gasteiger partial charge in [0.2, 0.25) is 0 Å². The number of likely N-dealkylation sites (tertiary alicyclic amines) is 1. The van der Waals surface area contributed by atoms with Crippen LogP contribution in [0.15, 0.2) is 72.8 Å². The maximum Gasteiger partial charge on any atom is 0.165 e. The molecule has 3 aromatic rings. The zero-order chi connectivity index (χ0) is 26.4. The van der Waals surface area contributed by atoms with Gasteiger partial charge in [-0.2, -0.15) is 0 Å². The highest BCUT2D eigenvalue weighted by Crippen LogP contribution is 2.42. The minimum Gasteiger partial charge on any atom is -0.494 e. The Morgan fingerprint density at radius 3 is 1.92 bits per heavy atom. The molecule has 4 rings (SSSR count). The SMILES string of the molecule is CC(C)C(=O)c1ccc(OCCCN2CCC(C(O)(c3ccc(F)cc3)c3ccc(F)cc3)CC2)cc1. The molecule has 4 nitrogen and oxygen atoms in total. The van der Waals surface area contributed by atoms with Gasteiger partial charge in [0.15, 0.2) is 5.78 Å². The van der Waals surface area contributed by atoms with Crippen LogP contribution in [0.2, 0.25) is 0 Å². The summed E-state index contributed by atoms with van der Waals surface area (Å²) in [5, 5.41) is 12.0. The smallest absolute Gasteiger partial charge is 0.165 e. The van der Waals surface area contributed by atoms with E-state index in [1.54, 1.807) is 24.3 Å². The highest BCUT2D eigenvalue weighted by Gasteiger charge is 2.41. The predicted molar refractivity (Wildman–Crippen MR) is 141 cm³/mol. The van der Waals surface area contributed by atoms with Crippen molar-refractivity contribution in [3.63, 3.8) is 0 Å². The van der Waals surface area contributed by atoms with Gasteiger partial charge in [-0.15, -0.1) is 0 Å². The van der Waals surface area contributed by atoms with Crippen molar-refractivity contribution < 1.29 is 23.4 Å². The Balaban J connectivity index is 1.31. The molecule has 196 valence electrons. The fourth-order valence-corrected chi connectivity index (χ4v) is 5.15. The zero-order valence-electron chi connectivity index (χ0n) is 21.5. The summed E-state index contributed by atoms with van der Waals surface area (Å²) in [5.74, 6) is 0.0501. The van der Waals surface area contributed by atoms with Crippen LogP contribution in [-0.2, 0) is 5.60 Å². The summed E-state index contributed by atoms with van der Waals surface area (Å²) >= 11 is 0. The average Bonchev–Trinajstić information content (AvgIpc) is 2.91. The van der Waals surface area contributed by atoms with Crippen LogP contribution in [0.5, 0.6) is 5.75 Å². The first-order chi connectivity index (χ1) is 17.8. The van der Waals surface area contributed by atoms with Crippen LogP contribution in [0.3, 0.4) is 0 Å². The van der Waals surface area contributed by atoms with Crippen molar-refractivity contribution in [2.45, 2.75) is 38.7 Å². The van der Waals surface area contributed by atoms with Gasteiger partial charge in [0.1, 0.15) is 23.0 Å². The molecule has 1 aliphatic rings. The molecular weight excluding hydrogens is 472 g/mol. The van der Waals surface area contributed by atoms with E-state index in [0.717, 1.165) is 44.6 Å². The number of aliphatic hydroxyl groups is 1. The third kappa shape index (κ3) is 6.43. The Labute approximate surface area is 217 Å². The van der Waals surface area contributed by atoms with Crippen molar-refractivity contribution in [2.24, 2.45) is 11.8 Å². The summed E-state index contributed by atoms with van der Waals surface area (Å²) in [5.41, 5.74) is 0.619. The number of ketones is 1. The third-order valence-corrected chi connectivity index (χ3v) is 7.30. The standard InChI is InChI=1S/C31H35F2NO3/c1-22(2)30(35)23-4-14-29(15-5-23)37-21-3-18-34-19-16-26(17-20-34)31(36,24-6-10-27(32)11-7-24)25-8-12-28(33)13-9-25/h4-15,22,26,36H,3,16-21H2,1-2H3. The molecule has 3 aromatic carbocycles. The predicted octanol–water partition coefficient (Wildman–Crippen LogP) is 6.22. The van der Waals surface area contributed by atoms with Crippen LogP contribution < -0.4 is 4.74 Å². The fraction of sp³-hybridized carbons (Fsp3) is 0.387. The van der Waals surface area contributed by atoms with Crippen LogP contribution in [0.1, 0.15) is 54.6 Å². The molecule has 0 atom stereocenters. The van der Waals surface area contributed by atoms with Gasteiger partial charge in [0.25, 0.3) is 0 Å². The first-order valence-electron chi connectivity index (χ1n) is 13.0. The lowest BCUT2D eigenvalue weighted by Crippen LogP contribution is -2.44. The van der Waals surface area contributed by atoms with Gasteiger partial charge in [0.05, 0.1) is 6.61 Å². The van der Waals surface area contributed by atoms with Crippen molar-refractivity contribution in [1.29, 1.82) is 0 Å². The lowest BCUT2D eigenvalue weighted by molar-refractivity contribution is -0.0147. The third-order valence-electron chi connectivity index (χ3n) is 7.30. The molecule has 0 saturated carbocycles. The zero-order valence-corrected chi connectivity index (χ0v) is 21.5. The van der Waals surface area contributed by atoms with Crippen LogP contribution >= 0.6 is 0 Å². The van der Waals surface area contributed by atoms with E-state index in [9.17, 15) is 18.7 Å². The number of rotatable bonds is 10. The van der Waals surface area contributed by atoms with E-state index in [4.69, 9.17) is 4.74 Å². The second-order valence-electron chi connectivity index (χ2n) is 10.1. The lowest BCUT2D eigenvalue weighted by atomic mass is 9.72. The van der Waals surface area contributed by atoms with Gasteiger partial charge in [0, 0.05) is 18.0 Å². The molecule has 0 aromatic heterocycles. The fourth-order valence-electron chi connectivity index (χ4n) is 5.15. The molecule has 1 heterocycles. The van der Waals surface area contributed by atoms with E-state index in [1.165, 1.54) is 24.3 Å². The number of ether oxygens (including phenoxy) is 1. The van der Waals surface area contributed by atoms with Crippen LogP contribution in [0.25, 0.3) is 0 Å². The van der Waals surface area contributed by atoms with Crippen molar-refractivity contribution in [3.8, 4) is 5.75 Å². The number of hydrogen-bond acceptors (Lipinski definition) is 4. The van der Waals surface area contributed by atoms with E-state index in [0.29, 0.717) is 23.3 Å². The second kappa shape index (κ2) is 12.0. The number of benzene rings is 3. The minimum atomic E-state index is -1.32. The summed E-state index contributed by atoms with van der Waals surface area (Å²) in [6, 6.07) is 19.2. The molecule has 1 aliphatic heterocycles. The summed E-state index contributed by atoms with van der Waals surface area (Å²) in [7, 11) is 0. The van der Waals surface area contributed by atoms with Gasteiger partial charge < -0.3 is 14.7 Å². The Bertz CT molecular complexity index is 1110. The molecule has 0 unspecified atom stereocenters. The van der Waals surface area contributed by atoms with Crippen molar-refractivity contribution in [2.75, 3.05) is 26.2 Å². The monoisotopic (exact) mass is 507 g/mol. The number of halogens is 2. The molecule has 1 fully saturated rings. The number of carbonyl (C=O) groups excluding carboxylic acids is 1. The molecule has 37 heavy (non-hydrogen) atoms.